The Morgan fingerprint density at radius 3 is 2.94 bits per heavy atom. The number of aryl methyl sites for hydroxylation is 1. The molecule has 1 saturated heterocycles. The lowest BCUT2D eigenvalue weighted by Gasteiger charge is -2.50. The Hall–Kier alpha value is -1.51. The van der Waals surface area contributed by atoms with Gasteiger partial charge in [-0.15, -0.1) is 0 Å². The van der Waals surface area contributed by atoms with Crippen LogP contribution in [0, 0.1) is 0 Å². The van der Waals surface area contributed by atoms with E-state index in [9.17, 15) is 9.90 Å². The third kappa shape index (κ3) is 1.46. The molecule has 96 valence electrons. The fourth-order valence-electron chi connectivity index (χ4n) is 3.77. The smallest absolute Gasteiger partial charge is 0.222 e. The number of amides is 1. The highest BCUT2D eigenvalue weighted by molar-refractivity contribution is 5.78. The van der Waals surface area contributed by atoms with E-state index in [0.717, 1.165) is 19.3 Å². The van der Waals surface area contributed by atoms with E-state index in [1.54, 1.807) is 6.07 Å². The van der Waals surface area contributed by atoms with Crippen molar-refractivity contribution in [3.05, 3.63) is 29.3 Å². The molecule has 0 saturated carbocycles. The number of aromatic hydroxyl groups is 1. The molecule has 1 N–H and O–H groups in total. The highest BCUT2D eigenvalue weighted by Gasteiger charge is 2.46. The van der Waals surface area contributed by atoms with Crippen LogP contribution in [0.5, 0.6) is 5.75 Å². The summed E-state index contributed by atoms with van der Waals surface area (Å²) in [6.07, 6.45) is 3.49. The standard InChI is InChI=1S/C15H19NO2/c1-15-8-7-14(18)16(2)13(15)6-3-10-9-11(17)4-5-12(10)15/h4-5,9,13,17H,3,6-8H2,1-2H3/t13?,15-/m1/s1. The summed E-state index contributed by atoms with van der Waals surface area (Å²) in [6, 6.07) is 5.99. The van der Waals surface area contributed by atoms with Crippen molar-refractivity contribution in [2.45, 2.75) is 44.1 Å². The maximum Gasteiger partial charge on any atom is 0.222 e. The molecule has 2 aliphatic rings. The van der Waals surface area contributed by atoms with E-state index in [0.29, 0.717) is 18.2 Å². The largest absolute Gasteiger partial charge is 0.508 e. The number of rotatable bonds is 0. The van der Waals surface area contributed by atoms with E-state index in [4.69, 9.17) is 0 Å². The number of carbonyl (C=O) groups is 1. The Bertz CT molecular complexity index is 511. The number of fused-ring (bicyclic) bond motifs is 3. The van der Waals surface area contributed by atoms with E-state index in [-0.39, 0.29) is 11.3 Å². The van der Waals surface area contributed by atoms with Crippen LogP contribution in [0.4, 0.5) is 0 Å². The van der Waals surface area contributed by atoms with Crippen LogP contribution in [0.25, 0.3) is 0 Å². The first kappa shape index (κ1) is 11.6. The van der Waals surface area contributed by atoms with E-state index in [1.165, 1.54) is 11.1 Å². The average molecular weight is 245 g/mol. The van der Waals surface area contributed by atoms with Crippen molar-refractivity contribution in [2.24, 2.45) is 0 Å². The van der Waals surface area contributed by atoms with Crippen LogP contribution in [0.15, 0.2) is 18.2 Å². The first-order chi connectivity index (χ1) is 8.52. The summed E-state index contributed by atoms with van der Waals surface area (Å²) in [5, 5.41) is 9.60. The fourth-order valence-corrected chi connectivity index (χ4v) is 3.77. The third-order valence-corrected chi connectivity index (χ3v) is 4.85. The van der Waals surface area contributed by atoms with Gasteiger partial charge in [0.2, 0.25) is 5.91 Å². The molecule has 3 heteroatoms. The van der Waals surface area contributed by atoms with Crippen LogP contribution in [0.3, 0.4) is 0 Å². The zero-order valence-electron chi connectivity index (χ0n) is 10.9. The summed E-state index contributed by atoms with van der Waals surface area (Å²) in [7, 11) is 1.93. The lowest BCUT2D eigenvalue weighted by Crippen LogP contribution is -2.56. The fraction of sp³-hybridized carbons (Fsp3) is 0.533. The van der Waals surface area contributed by atoms with Crippen molar-refractivity contribution in [3.8, 4) is 5.75 Å². The number of nitrogens with zero attached hydrogens (tertiary/aromatic N) is 1. The third-order valence-electron chi connectivity index (χ3n) is 4.85. The maximum atomic E-state index is 11.8. The Morgan fingerprint density at radius 2 is 2.17 bits per heavy atom. The van der Waals surface area contributed by atoms with Gasteiger partial charge in [-0.25, -0.2) is 0 Å². The van der Waals surface area contributed by atoms with Crippen LogP contribution in [0.2, 0.25) is 0 Å². The molecule has 0 radical (unpaired) electrons. The van der Waals surface area contributed by atoms with Gasteiger partial charge >= 0.3 is 0 Å². The molecule has 0 aromatic heterocycles. The number of hydrogen-bond acceptors (Lipinski definition) is 2. The van der Waals surface area contributed by atoms with Gasteiger partial charge in [0.05, 0.1) is 0 Å². The zero-order valence-corrected chi connectivity index (χ0v) is 10.9. The minimum Gasteiger partial charge on any atom is -0.508 e. The predicted octanol–water partition coefficient (Wildman–Crippen LogP) is 2.22. The first-order valence-corrected chi connectivity index (χ1v) is 6.60. The van der Waals surface area contributed by atoms with Gasteiger partial charge in [-0.3, -0.25) is 4.79 Å². The number of likely N-dealkylation sites (N-methyl/N-ethyl adjacent to an activating group) is 1. The van der Waals surface area contributed by atoms with E-state index >= 15 is 0 Å². The Labute approximate surface area is 107 Å². The van der Waals surface area contributed by atoms with Crippen molar-refractivity contribution in [3.63, 3.8) is 0 Å². The molecule has 0 spiro atoms. The van der Waals surface area contributed by atoms with Crippen LogP contribution in [-0.2, 0) is 16.6 Å². The number of piperidine rings is 1. The minimum atomic E-state index is 0.0456. The first-order valence-electron chi connectivity index (χ1n) is 6.60. The second kappa shape index (κ2) is 3.74. The maximum absolute atomic E-state index is 11.8. The summed E-state index contributed by atoms with van der Waals surface area (Å²) < 4.78 is 0. The SMILES string of the molecule is CN1C(=O)CC[C@]2(C)c3ccc(O)cc3CCC12. The van der Waals surface area contributed by atoms with Crippen LogP contribution in [-0.4, -0.2) is 29.0 Å². The number of phenols is 1. The normalized spacial score (nSPS) is 30.9. The molecule has 1 amide bonds. The molecule has 1 aromatic rings. The molecule has 0 bridgehead atoms. The van der Waals surface area contributed by atoms with Crippen molar-refractivity contribution in [1.29, 1.82) is 0 Å². The van der Waals surface area contributed by atoms with Crippen molar-refractivity contribution >= 4 is 5.91 Å². The van der Waals surface area contributed by atoms with Gasteiger partial charge in [-0.05, 0) is 42.5 Å². The monoisotopic (exact) mass is 245 g/mol. The molecule has 2 atom stereocenters. The molecule has 1 heterocycles. The molecule has 1 aliphatic heterocycles. The van der Waals surface area contributed by atoms with Gasteiger partial charge in [-0.2, -0.15) is 0 Å². The number of benzene rings is 1. The quantitative estimate of drug-likeness (QED) is 0.761. The Balaban J connectivity index is 2.09. The summed E-state index contributed by atoms with van der Waals surface area (Å²) in [4.78, 5) is 13.8. The van der Waals surface area contributed by atoms with Gasteiger partial charge in [0, 0.05) is 24.9 Å². The molecule has 3 rings (SSSR count). The van der Waals surface area contributed by atoms with E-state index < -0.39 is 0 Å². The average Bonchev–Trinajstić information content (AvgIpc) is 2.34. The number of phenolic OH excluding ortho intramolecular Hbond substituents is 1. The molecule has 18 heavy (non-hydrogen) atoms. The lowest BCUT2D eigenvalue weighted by molar-refractivity contribution is -0.138. The second-order valence-electron chi connectivity index (χ2n) is 5.82. The van der Waals surface area contributed by atoms with Crippen LogP contribution < -0.4 is 0 Å². The highest BCUT2D eigenvalue weighted by Crippen LogP contribution is 2.46. The summed E-state index contributed by atoms with van der Waals surface area (Å²) >= 11 is 0. The van der Waals surface area contributed by atoms with Crippen molar-refractivity contribution in [1.82, 2.24) is 4.90 Å². The van der Waals surface area contributed by atoms with Gasteiger partial charge in [0.1, 0.15) is 5.75 Å². The zero-order chi connectivity index (χ0) is 12.9. The van der Waals surface area contributed by atoms with Gasteiger partial charge in [0.15, 0.2) is 0 Å². The summed E-state index contributed by atoms with van der Waals surface area (Å²) in [5.74, 6) is 0.607. The topological polar surface area (TPSA) is 40.5 Å². The summed E-state index contributed by atoms with van der Waals surface area (Å²) in [6.45, 7) is 2.26. The minimum absolute atomic E-state index is 0.0456. The molecule has 1 aromatic carbocycles. The lowest BCUT2D eigenvalue weighted by atomic mass is 9.63. The summed E-state index contributed by atoms with van der Waals surface area (Å²) in [5.41, 5.74) is 2.61. The Kier molecular flexibility index (Phi) is 2.40. The number of likely N-dealkylation sites (tertiary alicyclic amines) is 1. The Morgan fingerprint density at radius 1 is 1.39 bits per heavy atom. The number of carbonyl (C=O) groups excluding carboxylic acids is 1. The predicted molar refractivity (Wildman–Crippen MR) is 69.6 cm³/mol. The second-order valence-corrected chi connectivity index (χ2v) is 5.82. The molecular formula is C15H19NO2. The molecule has 1 fully saturated rings. The molecular weight excluding hydrogens is 226 g/mol. The van der Waals surface area contributed by atoms with Crippen LogP contribution in [0.1, 0.15) is 37.3 Å². The van der Waals surface area contributed by atoms with Gasteiger partial charge in [-0.1, -0.05) is 13.0 Å². The highest BCUT2D eigenvalue weighted by atomic mass is 16.3. The van der Waals surface area contributed by atoms with E-state index in [1.807, 2.05) is 24.1 Å². The van der Waals surface area contributed by atoms with Crippen molar-refractivity contribution in [2.75, 3.05) is 7.05 Å². The van der Waals surface area contributed by atoms with E-state index in [2.05, 4.69) is 6.92 Å². The van der Waals surface area contributed by atoms with Crippen LogP contribution >= 0.6 is 0 Å². The van der Waals surface area contributed by atoms with Gasteiger partial charge < -0.3 is 10.0 Å². The molecule has 1 unspecified atom stereocenters. The van der Waals surface area contributed by atoms with Crippen molar-refractivity contribution < 1.29 is 9.90 Å². The number of hydrogen-bond donors (Lipinski definition) is 1. The molecule has 3 nitrogen and oxygen atoms in total. The van der Waals surface area contributed by atoms with Gasteiger partial charge in [0.25, 0.3) is 0 Å². The molecule has 1 aliphatic carbocycles.